The van der Waals surface area contributed by atoms with E-state index >= 15 is 0 Å². The van der Waals surface area contributed by atoms with Crippen LogP contribution in [0, 0.1) is 0 Å². The molecular weight excluding hydrogens is 426 g/mol. The third kappa shape index (κ3) is 21.6. The van der Waals surface area contributed by atoms with Crippen LogP contribution in [0.15, 0.2) is 12.2 Å². The van der Waals surface area contributed by atoms with E-state index in [1.807, 2.05) is 6.08 Å². The third-order valence-corrected chi connectivity index (χ3v) is 6.57. The van der Waals surface area contributed by atoms with E-state index in [9.17, 15) is 20.1 Å². The Morgan fingerprint density at radius 3 is 1.71 bits per heavy atom. The molecule has 0 bridgehead atoms. The average Bonchev–Trinajstić information content (AvgIpc) is 2.82. The van der Waals surface area contributed by atoms with E-state index in [4.69, 9.17) is 0 Å². The SMILES string of the molecule is CCCCCCCCCC/C=C/C(O)C(CO)NC(=O)CC(O)CCCCCCCCCCC. The first-order valence-corrected chi connectivity index (χ1v) is 14.5. The van der Waals surface area contributed by atoms with Gasteiger partial charge in [-0.3, -0.25) is 4.79 Å². The second-order valence-electron chi connectivity index (χ2n) is 10.0. The van der Waals surface area contributed by atoms with Gasteiger partial charge in [0.2, 0.25) is 5.91 Å². The first kappa shape index (κ1) is 33.1. The summed E-state index contributed by atoms with van der Waals surface area (Å²) in [6.07, 6.45) is 24.7. The Balaban J connectivity index is 3.85. The molecule has 0 saturated heterocycles. The van der Waals surface area contributed by atoms with Gasteiger partial charge in [-0.2, -0.15) is 0 Å². The zero-order valence-corrected chi connectivity index (χ0v) is 22.5. The van der Waals surface area contributed by atoms with E-state index in [-0.39, 0.29) is 18.9 Å². The van der Waals surface area contributed by atoms with E-state index in [2.05, 4.69) is 19.2 Å². The van der Waals surface area contributed by atoms with Crippen LogP contribution >= 0.6 is 0 Å². The lowest BCUT2D eigenvalue weighted by Crippen LogP contribution is -2.45. The summed E-state index contributed by atoms with van der Waals surface area (Å²) in [7, 11) is 0. The lowest BCUT2D eigenvalue weighted by molar-refractivity contribution is -0.124. The van der Waals surface area contributed by atoms with E-state index in [0.29, 0.717) is 6.42 Å². The van der Waals surface area contributed by atoms with E-state index in [0.717, 1.165) is 25.7 Å². The Morgan fingerprint density at radius 1 is 0.735 bits per heavy atom. The monoisotopic (exact) mass is 483 g/mol. The summed E-state index contributed by atoms with van der Waals surface area (Å²) < 4.78 is 0. The minimum Gasteiger partial charge on any atom is -0.394 e. The van der Waals surface area contributed by atoms with E-state index < -0.39 is 18.2 Å². The maximum absolute atomic E-state index is 12.2. The van der Waals surface area contributed by atoms with Crippen molar-refractivity contribution in [3.8, 4) is 0 Å². The zero-order chi connectivity index (χ0) is 25.3. The van der Waals surface area contributed by atoms with E-state index in [1.165, 1.54) is 89.9 Å². The molecule has 202 valence electrons. The Hall–Kier alpha value is -0.910. The molecule has 5 heteroatoms. The van der Waals surface area contributed by atoms with Crippen molar-refractivity contribution in [3.05, 3.63) is 12.2 Å². The lowest BCUT2D eigenvalue weighted by atomic mass is 10.0. The van der Waals surface area contributed by atoms with Gasteiger partial charge in [-0.15, -0.1) is 0 Å². The molecule has 0 aliphatic rings. The highest BCUT2D eigenvalue weighted by molar-refractivity contribution is 5.76. The van der Waals surface area contributed by atoms with Crippen LogP contribution in [0.4, 0.5) is 0 Å². The number of allylic oxidation sites excluding steroid dienone is 1. The molecule has 0 spiro atoms. The largest absolute Gasteiger partial charge is 0.394 e. The fourth-order valence-electron chi connectivity index (χ4n) is 4.28. The average molecular weight is 484 g/mol. The van der Waals surface area contributed by atoms with Crippen LogP contribution in [0.5, 0.6) is 0 Å². The van der Waals surface area contributed by atoms with Crippen molar-refractivity contribution in [1.29, 1.82) is 0 Å². The van der Waals surface area contributed by atoms with Crippen LogP contribution in [-0.4, -0.2) is 46.1 Å². The van der Waals surface area contributed by atoms with Gasteiger partial charge >= 0.3 is 0 Å². The van der Waals surface area contributed by atoms with Crippen LogP contribution in [0.25, 0.3) is 0 Å². The van der Waals surface area contributed by atoms with Gasteiger partial charge in [0.15, 0.2) is 0 Å². The molecular formula is C29H57NO4. The summed E-state index contributed by atoms with van der Waals surface area (Å²) in [6, 6.07) is -0.734. The second kappa shape index (κ2) is 25.2. The van der Waals surface area contributed by atoms with Crippen molar-refractivity contribution in [2.24, 2.45) is 0 Å². The number of unbranched alkanes of at least 4 members (excludes halogenated alkanes) is 16. The molecule has 0 aromatic carbocycles. The van der Waals surface area contributed by atoms with Crippen molar-refractivity contribution in [1.82, 2.24) is 5.32 Å². The molecule has 0 saturated carbocycles. The van der Waals surface area contributed by atoms with Gasteiger partial charge in [-0.05, 0) is 19.3 Å². The molecule has 0 aromatic heterocycles. The number of aliphatic hydroxyl groups is 3. The van der Waals surface area contributed by atoms with Crippen molar-refractivity contribution in [3.63, 3.8) is 0 Å². The van der Waals surface area contributed by atoms with Gasteiger partial charge in [0.25, 0.3) is 0 Å². The number of hydrogen-bond donors (Lipinski definition) is 4. The summed E-state index contributed by atoms with van der Waals surface area (Å²) >= 11 is 0. The third-order valence-electron chi connectivity index (χ3n) is 6.57. The van der Waals surface area contributed by atoms with Gasteiger partial charge in [-0.25, -0.2) is 0 Å². The molecule has 0 fully saturated rings. The Kier molecular flexibility index (Phi) is 24.5. The quantitative estimate of drug-likeness (QED) is 0.0871. The second-order valence-corrected chi connectivity index (χ2v) is 10.0. The maximum Gasteiger partial charge on any atom is 0.222 e. The van der Waals surface area contributed by atoms with E-state index in [1.54, 1.807) is 6.08 Å². The van der Waals surface area contributed by atoms with Gasteiger partial charge in [0.05, 0.1) is 31.3 Å². The standard InChI is InChI=1S/C29H57NO4/c1-3-5-7-9-11-13-15-17-19-21-23-28(33)27(25-31)30-29(34)24-26(32)22-20-18-16-14-12-10-8-6-4-2/h21,23,26-28,31-33H,3-20,22,24-25H2,1-2H3,(H,30,34)/b23-21+. The Labute approximate surface area is 210 Å². The van der Waals surface area contributed by atoms with Gasteiger partial charge in [0, 0.05) is 0 Å². The summed E-state index contributed by atoms with van der Waals surface area (Å²) in [5.41, 5.74) is 0. The number of amides is 1. The van der Waals surface area contributed by atoms with Crippen LogP contribution in [0.1, 0.15) is 142 Å². The summed E-state index contributed by atoms with van der Waals surface area (Å²) in [4.78, 5) is 12.2. The molecule has 0 heterocycles. The highest BCUT2D eigenvalue weighted by atomic mass is 16.3. The van der Waals surface area contributed by atoms with Gasteiger partial charge < -0.3 is 20.6 Å². The highest BCUT2D eigenvalue weighted by Gasteiger charge is 2.20. The molecule has 5 nitrogen and oxygen atoms in total. The fourth-order valence-corrected chi connectivity index (χ4v) is 4.28. The summed E-state index contributed by atoms with van der Waals surface area (Å²) in [5, 5.41) is 32.7. The summed E-state index contributed by atoms with van der Waals surface area (Å²) in [6.45, 7) is 4.13. The number of carbonyl (C=O) groups is 1. The van der Waals surface area contributed by atoms with Crippen LogP contribution in [0.2, 0.25) is 0 Å². The van der Waals surface area contributed by atoms with Gasteiger partial charge in [0.1, 0.15) is 0 Å². The van der Waals surface area contributed by atoms with Crippen LogP contribution in [-0.2, 0) is 4.79 Å². The fraction of sp³-hybridized carbons (Fsp3) is 0.897. The maximum atomic E-state index is 12.2. The number of aliphatic hydroxyl groups excluding tert-OH is 3. The molecule has 0 aliphatic carbocycles. The minimum absolute atomic E-state index is 0.0161. The molecule has 3 atom stereocenters. The number of carbonyl (C=O) groups excluding carboxylic acids is 1. The molecule has 0 rings (SSSR count). The smallest absolute Gasteiger partial charge is 0.222 e. The molecule has 4 N–H and O–H groups in total. The normalized spacial score (nSPS) is 14.4. The van der Waals surface area contributed by atoms with Gasteiger partial charge in [-0.1, -0.05) is 129 Å². The molecule has 0 radical (unpaired) electrons. The minimum atomic E-state index is -0.919. The Morgan fingerprint density at radius 2 is 1.21 bits per heavy atom. The first-order valence-electron chi connectivity index (χ1n) is 14.5. The van der Waals surface area contributed by atoms with Crippen LogP contribution in [0.3, 0.4) is 0 Å². The topological polar surface area (TPSA) is 89.8 Å². The molecule has 0 aliphatic heterocycles. The molecule has 1 amide bonds. The van der Waals surface area contributed by atoms with Crippen molar-refractivity contribution in [2.45, 2.75) is 161 Å². The number of nitrogens with one attached hydrogen (secondary N) is 1. The number of hydrogen-bond acceptors (Lipinski definition) is 4. The lowest BCUT2D eigenvalue weighted by Gasteiger charge is -2.21. The first-order chi connectivity index (χ1) is 16.5. The molecule has 34 heavy (non-hydrogen) atoms. The predicted octanol–water partition coefficient (Wildman–Crippen LogP) is 6.58. The van der Waals surface area contributed by atoms with Crippen LogP contribution < -0.4 is 5.32 Å². The van der Waals surface area contributed by atoms with Crippen molar-refractivity contribution in [2.75, 3.05) is 6.61 Å². The predicted molar refractivity (Wildman–Crippen MR) is 144 cm³/mol. The Bertz CT molecular complexity index is 469. The van der Waals surface area contributed by atoms with Crippen molar-refractivity contribution < 1.29 is 20.1 Å². The molecule has 3 unspecified atom stereocenters. The zero-order valence-electron chi connectivity index (χ0n) is 22.5. The highest BCUT2D eigenvalue weighted by Crippen LogP contribution is 2.13. The molecule has 0 aromatic rings. The van der Waals surface area contributed by atoms with Crippen molar-refractivity contribution >= 4 is 5.91 Å². The number of rotatable bonds is 25. The summed E-state index contributed by atoms with van der Waals surface area (Å²) in [5.74, 6) is -0.321.